The number of carbonyl (C=O) groups excluding carboxylic acids is 1. The molecule has 10 heteroatoms. The highest BCUT2D eigenvalue weighted by atomic mass is 35.5. The van der Waals surface area contributed by atoms with Crippen molar-refractivity contribution in [2.45, 2.75) is 25.4 Å². The summed E-state index contributed by atoms with van der Waals surface area (Å²) in [5.74, 6) is 7.42. The number of rotatable bonds is 7. The lowest BCUT2D eigenvalue weighted by Crippen LogP contribution is -2.05. The fourth-order valence-electron chi connectivity index (χ4n) is 4.23. The van der Waals surface area contributed by atoms with Gasteiger partial charge in [-0.25, -0.2) is 4.79 Å². The van der Waals surface area contributed by atoms with Crippen molar-refractivity contribution < 1.29 is 23.5 Å². The molecule has 1 aliphatic carbocycles. The average molecular weight is 598 g/mol. The first-order valence-corrected chi connectivity index (χ1v) is 13.4. The van der Waals surface area contributed by atoms with Crippen molar-refractivity contribution in [2.24, 2.45) is 0 Å². The number of esters is 1. The Morgan fingerprint density at radius 1 is 1.02 bits per heavy atom. The first kappa shape index (κ1) is 27.7. The van der Waals surface area contributed by atoms with Gasteiger partial charge in [0.15, 0.2) is 5.75 Å². The van der Waals surface area contributed by atoms with Gasteiger partial charge in [-0.1, -0.05) is 57.9 Å². The number of halogens is 3. The molecule has 0 unspecified atom stereocenters. The maximum absolute atomic E-state index is 12.0. The first-order chi connectivity index (χ1) is 19.3. The van der Waals surface area contributed by atoms with Crippen molar-refractivity contribution in [3.05, 3.63) is 91.6 Å². The number of nitrogens with two attached hydrogens (primary N) is 1. The Hall–Kier alpha value is -3.83. The van der Waals surface area contributed by atoms with Crippen LogP contribution in [0, 0.1) is 11.8 Å². The number of nitrogen functional groups attached to an aromatic ring is 1. The van der Waals surface area contributed by atoms with Gasteiger partial charge in [-0.15, -0.1) is 0 Å². The topological polar surface area (TPSA) is 96.8 Å². The van der Waals surface area contributed by atoms with E-state index in [-0.39, 0.29) is 17.9 Å². The molecule has 1 saturated carbocycles. The summed E-state index contributed by atoms with van der Waals surface area (Å²) < 4.78 is 22.0. The van der Waals surface area contributed by atoms with Gasteiger partial charge >= 0.3 is 5.97 Å². The lowest BCUT2D eigenvalue weighted by atomic mass is 10.0. The summed E-state index contributed by atoms with van der Waals surface area (Å²) in [6.45, 7) is 0.185. The van der Waals surface area contributed by atoms with E-state index in [1.54, 1.807) is 42.5 Å². The summed E-state index contributed by atoms with van der Waals surface area (Å²) >= 11 is 19.5. The summed E-state index contributed by atoms with van der Waals surface area (Å²) in [6, 6.07) is 13.5. The second kappa shape index (κ2) is 11.7. The summed E-state index contributed by atoms with van der Waals surface area (Å²) in [5, 5.41) is 5.63. The highest BCUT2D eigenvalue weighted by Gasteiger charge is 2.33. The molecule has 204 valence electrons. The van der Waals surface area contributed by atoms with E-state index in [1.807, 2.05) is 0 Å². The molecule has 3 aromatic carbocycles. The van der Waals surface area contributed by atoms with Crippen LogP contribution >= 0.6 is 34.8 Å². The molecule has 0 spiro atoms. The van der Waals surface area contributed by atoms with Crippen LogP contribution in [0.3, 0.4) is 0 Å². The Morgan fingerprint density at radius 2 is 1.75 bits per heavy atom. The third-order valence-corrected chi connectivity index (χ3v) is 7.31. The summed E-state index contributed by atoms with van der Waals surface area (Å²) in [4.78, 5) is 12.0. The van der Waals surface area contributed by atoms with Crippen LogP contribution in [0.25, 0.3) is 11.3 Å². The molecule has 2 N–H and O–H groups in total. The SMILES string of the molecule is COC(=O)c1cc(N)c(OC)c(C#Cc2ccc(OCc3c(-c4c(Cl)cccc4Cl)noc3C3CC3)cc2Cl)c1. The molecule has 1 heterocycles. The van der Waals surface area contributed by atoms with Crippen molar-refractivity contribution in [1.29, 1.82) is 0 Å². The number of methoxy groups -OCH3 is 2. The summed E-state index contributed by atoms with van der Waals surface area (Å²) in [5.41, 5.74) is 9.51. The molecule has 0 amide bonds. The van der Waals surface area contributed by atoms with Crippen molar-refractivity contribution in [2.75, 3.05) is 20.0 Å². The fourth-order valence-corrected chi connectivity index (χ4v) is 5.03. The number of aromatic nitrogens is 1. The van der Waals surface area contributed by atoms with Crippen molar-refractivity contribution in [3.8, 4) is 34.6 Å². The second-order valence-electron chi connectivity index (χ2n) is 9.06. The number of carbonyl (C=O) groups is 1. The van der Waals surface area contributed by atoms with Crippen molar-refractivity contribution in [3.63, 3.8) is 0 Å². The molecule has 5 rings (SSSR count). The third-order valence-electron chi connectivity index (χ3n) is 6.36. The fraction of sp³-hybridized carbons (Fsp3) is 0.200. The maximum Gasteiger partial charge on any atom is 0.337 e. The summed E-state index contributed by atoms with van der Waals surface area (Å²) in [7, 11) is 2.77. The molecular formula is C30H23Cl3N2O5. The van der Waals surface area contributed by atoms with Crippen LogP contribution in [0.4, 0.5) is 5.69 Å². The lowest BCUT2D eigenvalue weighted by molar-refractivity contribution is 0.0600. The molecule has 0 bridgehead atoms. The number of anilines is 1. The second-order valence-corrected chi connectivity index (χ2v) is 10.3. The first-order valence-electron chi connectivity index (χ1n) is 12.2. The van der Waals surface area contributed by atoms with Crippen LogP contribution in [0.15, 0.2) is 53.1 Å². The van der Waals surface area contributed by atoms with E-state index in [9.17, 15) is 4.79 Å². The average Bonchev–Trinajstić information content (AvgIpc) is 3.70. The molecule has 4 aromatic rings. The number of ether oxygens (including phenoxy) is 3. The molecule has 40 heavy (non-hydrogen) atoms. The van der Waals surface area contributed by atoms with Gasteiger partial charge in [0.1, 0.15) is 23.8 Å². The van der Waals surface area contributed by atoms with Gasteiger partial charge in [0.2, 0.25) is 0 Å². The van der Waals surface area contributed by atoms with Gasteiger partial charge in [0.05, 0.1) is 51.7 Å². The van der Waals surface area contributed by atoms with Crippen LogP contribution in [-0.4, -0.2) is 25.3 Å². The van der Waals surface area contributed by atoms with E-state index in [4.69, 9.17) is 59.3 Å². The predicted octanol–water partition coefficient (Wildman–Crippen LogP) is 7.54. The summed E-state index contributed by atoms with van der Waals surface area (Å²) in [6.07, 6.45) is 2.05. The van der Waals surface area contributed by atoms with Gasteiger partial charge in [-0.2, -0.15) is 0 Å². The molecule has 0 radical (unpaired) electrons. The van der Waals surface area contributed by atoms with Gasteiger partial charge in [-0.3, -0.25) is 0 Å². The van der Waals surface area contributed by atoms with Crippen LogP contribution in [-0.2, 0) is 11.3 Å². The molecule has 0 atom stereocenters. The van der Waals surface area contributed by atoms with E-state index in [0.29, 0.717) is 54.9 Å². The minimum absolute atomic E-state index is 0.185. The molecule has 1 aromatic heterocycles. The minimum atomic E-state index is -0.533. The maximum atomic E-state index is 12.0. The number of nitrogens with zero attached hydrogens (tertiary/aromatic N) is 1. The van der Waals surface area contributed by atoms with Gasteiger partial charge in [-0.05, 0) is 49.2 Å². The molecule has 7 nitrogen and oxygen atoms in total. The van der Waals surface area contributed by atoms with Crippen molar-refractivity contribution >= 4 is 46.5 Å². The normalized spacial score (nSPS) is 12.4. The number of hydrogen-bond acceptors (Lipinski definition) is 7. The molecule has 1 aliphatic rings. The monoisotopic (exact) mass is 596 g/mol. The largest absolute Gasteiger partial charge is 0.493 e. The van der Waals surface area contributed by atoms with Crippen LogP contribution < -0.4 is 15.2 Å². The van der Waals surface area contributed by atoms with E-state index < -0.39 is 5.97 Å². The van der Waals surface area contributed by atoms with Crippen LogP contribution in [0.1, 0.15) is 51.6 Å². The molecular weight excluding hydrogens is 575 g/mol. The Morgan fingerprint density at radius 3 is 2.40 bits per heavy atom. The zero-order valence-corrected chi connectivity index (χ0v) is 23.8. The smallest absolute Gasteiger partial charge is 0.337 e. The number of benzene rings is 3. The molecule has 1 fully saturated rings. The minimum Gasteiger partial charge on any atom is -0.493 e. The Kier molecular flexibility index (Phi) is 8.13. The zero-order chi connectivity index (χ0) is 28.4. The predicted molar refractivity (Wildman–Crippen MR) is 154 cm³/mol. The van der Waals surface area contributed by atoms with E-state index in [2.05, 4.69) is 17.0 Å². The molecule has 0 aliphatic heterocycles. The van der Waals surface area contributed by atoms with E-state index in [0.717, 1.165) is 24.2 Å². The highest BCUT2D eigenvalue weighted by Crippen LogP contribution is 2.46. The van der Waals surface area contributed by atoms with Gasteiger partial charge in [0.25, 0.3) is 0 Å². The van der Waals surface area contributed by atoms with Gasteiger partial charge < -0.3 is 24.5 Å². The van der Waals surface area contributed by atoms with Crippen LogP contribution in [0.2, 0.25) is 15.1 Å². The van der Waals surface area contributed by atoms with Gasteiger partial charge in [0, 0.05) is 23.1 Å². The zero-order valence-electron chi connectivity index (χ0n) is 21.5. The highest BCUT2D eigenvalue weighted by molar-refractivity contribution is 6.39. The van der Waals surface area contributed by atoms with E-state index >= 15 is 0 Å². The number of hydrogen-bond donors (Lipinski definition) is 1. The van der Waals surface area contributed by atoms with Crippen molar-refractivity contribution in [1.82, 2.24) is 5.16 Å². The Balaban J connectivity index is 1.40. The molecule has 0 saturated heterocycles. The standard InChI is InChI=1S/C30H23Cl3N2O5/c1-37-29-18(12-19(13-25(29)34)30(36)38-2)9-6-16-10-11-20(14-24(16)33)39-15-21-27(35-40-28(21)17-7-8-17)26-22(31)4-3-5-23(26)32/h3-5,10-14,17H,7-8,15,34H2,1-2H3. The third kappa shape index (κ3) is 5.71. The Bertz CT molecular complexity index is 1650. The quantitative estimate of drug-likeness (QED) is 0.134. The Labute approximate surface area is 246 Å². The van der Waals surface area contributed by atoms with Crippen LogP contribution in [0.5, 0.6) is 11.5 Å². The lowest BCUT2D eigenvalue weighted by Gasteiger charge is -2.10. The van der Waals surface area contributed by atoms with E-state index in [1.165, 1.54) is 20.3 Å².